The highest BCUT2D eigenvalue weighted by atomic mass is 35.5. The first-order valence-electron chi connectivity index (χ1n) is 5.59. The second kappa shape index (κ2) is 5.52. The number of aromatic nitrogens is 2. The van der Waals surface area contributed by atoms with Gasteiger partial charge < -0.3 is 11.1 Å². The standard InChI is InChI=1S/C12H11Cl3N4O/c1-5-9(16)11(12(20)17-2)19(18-5)10-7(14)3-6(13)4-8(10)15/h3-4H,16H2,1-2H3,(H,17,20). The molecule has 0 aliphatic heterocycles. The molecule has 3 N–H and O–H groups in total. The Balaban J connectivity index is 2.77. The molecule has 8 heteroatoms. The zero-order chi connectivity index (χ0) is 15.0. The lowest BCUT2D eigenvalue weighted by molar-refractivity contribution is 0.0956. The minimum atomic E-state index is -0.384. The average Bonchev–Trinajstić information content (AvgIpc) is 2.63. The molecule has 0 aliphatic carbocycles. The van der Waals surface area contributed by atoms with Crippen molar-refractivity contribution in [2.24, 2.45) is 0 Å². The van der Waals surface area contributed by atoms with Crippen LogP contribution < -0.4 is 11.1 Å². The number of nitrogens with one attached hydrogen (secondary N) is 1. The number of hydrogen-bond acceptors (Lipinski definition) is 3. The van der Waals surface area contributed by atoms with Crippen molar-refractivity contribution in [3.8, 4) is 5.69 Å². The SMILES string of the molecule is CNC(=O)c1c(N)c(C)nn1-c1c(Cl)cc(Cl)cc1Cl. The van der Waals surface area contributed by atoms with Crippen molar-refractivity contribution < 1.29 is 4.79 Å². The van der Waals surface area contributed by atoms with E-state index in [2.05, 4.69) is 10.4 Å². The largest absolute Gasteiger partial charge is 0.395 e. The van der Waals surface area contributed by atoms with Crippen LogP contribution in [0.5, 0.6) is 0 Å². The molecule has 0 fully saturated rings. The summed E-state index contributed by atoms with van der Waals surface area (Å²) in [7, 11) is 1.50. The molecule has 0 saturated heterocycles. The van der Waals surface area contributed by atoms with Crippen molar-refractivity contribution >= 4 is 46.4 Å². The van der Waals surface area contributed by atoms with E-state index in [-0.39, 0.29) is 27.3 Å². The van der Waals surface area contributed by atoms with Crippen LogP contribution in [-0.2, 0) is 0 Å². The number of nitrogens with zero attached hydrogens (tertiary/aromatic N) is 2. The van der Waals surface area contributed by atoms with Gasteiger partial charge in [0.2, 0.25) is 0 Å². The number of carbonyl (C=O) groups is 1. The molecule has 0 spiro atoms. The minimum Gasteiger partial charge on any atom is -0.395 e. The summed E-state index contributed by atoms with van der Waals surface area (Å²) >= 11 is 18.2. The van der Waals surface area contributed by atoms with Crippen molar-refractivity contribution in [2.75, 3.05) is 12.8 Å². The number of nitrogens with two attached hydrogens (primary N) is 1. The molecule has 0 aliphatic rings. The van der Waals surface area contributed by atoms with E-state index in [1.54, 1.807) is 6.92 Å². The molecule has 1 aromatic heterocycles. The maximum atomic E-state index is 12.0. The van der Waals surface area contributed by atoms with Gasteiger partial charge in [-0.05, 0) is 19.1 Å². The number of rotatable bonds is 2. The van der Waals surface area contributed by atoms with Gasteiger partial charge in [0.1, 0.15) is 5.69 Å². The van der Waals surface area contributed by atoms with Gasteiger partial charge in [0.15, 0.2) is 5.69 Å². The van der Waals surface area contributed by atoms with Crippen LogP contribution in [-0.4, -0.2) is 22.7 Å². The van der Waals surface area contributed by atoms with Crippen LogP contribution in [0.1, 0.15) is 16.2 Å². The number of carbonyl (C=O) groups excluding carboxylic acids is 1. The predicted molar refractivity (Wildman–Crippen MR) is 81.1 cm³/mol. The summed E-state index contributed by atoms with van der Waals surface area (Å²) in [6, 6.07) is 3.04. The minimum absolute atomic E-state index is 0.177. The van der Waals surface area contributed by atoms with E-state index < -0.39 is 0 Å². The first-order valence-corrected chi connectivity index (χ1v) is 6.72. The second-order valence-corrected chi connectivity index (χ2v) is 5.31. The van der Waals surface area contributed by atoms with E-state index in [1.807, 2.05) is 0 Å². The third-order valence-corrected chi connectivity index (χ3v) is 3.54. The van der Waals surface area contributed by atoms with Crippen LogP contribution in [0.25, 0.3) is 5.69 Å². The molecule has 0 radical (unpaired) electrons. The molecule has 1 amide bonds. The number of anilines is 1. The highest BCUT2D eigenvalue weighted by Crippen LogP contribution is 2.34. The van der Waals surface area contributed by atoms with Gasteiger partial charge in [0.05, 0.1) is 21.4 Å². The van der Waals surface area contributed by atoms with Crippen molar-refractivity contribution in [1.82, 2.24) is 15.1 Å². The molecule has 2 rings (SSSR count). The summed E-state index contributed by atoms with van der Waals surface area (Å²) < 4.78 is 1.32. The summed E-state index contributed by atoms with van der Waals surface area (Å²) in [5.74, 6) is -0.384. The maximum absolute atomic E-state index is 12.0. The smallest absolute Gasteiger partial charge is 0.271 e. The Morgan fingerprint density at radius 2 is 1.85 bits per heavy atom. The van der Waals surface area contributed by atoms with Crippen LogP contribution in [0, 0.1) is 6.92 Å². The fourth-order valence-electron chi connectivity index (χ4n) is 1.77. The van der Waals surface area contributed by atoms with Crippen LogP contribution in [0.3, 0.4) is 0 Å². The van der Waals surface area contributed by atoms with E-state index in [1.165, 1.54) is 23.9 Å². The average molecular weight is 334 g/mol. The van der Waals surface area contributed by atoms with E-state index in [9.17, 15) is 4.79 Å². The Morgan fingerprint density at radius 3 is 2.35 bits per heavy atom. The number of nitrogen functional groups attached to an aromatic ring is 1. The summed E-state index contributed by atoms with van der Waals surface area (Å²) in [4.78, 5) is 12.0. The maximum Gasteiger partial charge on any atom is 0.271 e. The highest BCUT2D eigenvalue weighted by Gasteiger charge is 2.23. The molecule has 2 aromatic rings. The number of hydrogen-bond donors (Lipinski definition) is 2. The monoisotopic (exact) mass is 332 g/mol. The number of aryl methyl sites for hydroxylation is 1. The zero-order valence-corrected chi connectivity index (χ0v) is 12.9. The summed E-state index contributed by atoms with van der Waals surface area (Å²) in [6.07, 6.45) is 0. The van der Waals surface area contributed by atoms with Gasteiger partial charge in [-0.15, -0.1) is 0 Å². The Bertz CT molecular complexity index is 673. The molecule has 20 heavy (non-hydrogen) atoms. The van der Waals surface area contributed by atoms with E-state index in [0.29, 0.717) is 16.4 Å². The number of halogens is 3. The zero-order valence-electron chi connectivity index (χ0n) is 10.7. The Labute approximate surface area is 130 Å². The Hall–Kier alpha value is -1.43. The van der Waals surface area contributed by atoms with Crippen molar-refractivity contribution in [1.29, 1.82) is 0 Å². The van der Waals surface area contributed by atoms with Gasteiger partial charge in [-0.3, -0.25) is 4.79 Å². The van der Waals surface area contributed by atoms with Gasteiger partial charge in [0.25, 0.3) is 5.91 Å². The van der Waals surface area contributed by atoms with Gasteiger partial charge in [-0.25, -0.2) is 4.68 Å². The molecule has 1 aromatic carbocycles. The molecule has 0 bridgehead atoms. The fraction of sp³-hybridized carbons (Fsp3) is 0.167. The van der Waals surface area contributed by atoms with Gasteiger partial charge in [-0.2, -0.15) is 5.10 Å². The van der Waals surface area contributed by atoms with E-state index in [4.69, 9.17) is 40.5 Å². The Kier molecular flexibility index (Phi) is 4.13. The first-order chi connectivity index (χ1) is 9.36. The van der Waals surface area contributed by atoms with Crippen LogP contribution >= 0.6 is 34.8 Å². The third-order valence-electron chi connectivity index (χ3n) is 2.74. The molecule has 106 valence electrons. The molecule has 0 saturated carbocycles. The molecular formula is C12H11Cl3N4O. The fourth-order valence-corrected chi connectivity index (χ4v) is 2.75. The normalized spacial score (nSPS) is 10.7. The second-order valence-electron chi connectivity index (χ2n) is 4.06. The summed E-state index contributed by atoms with van der Waals surface area (Å²) in [6.45, 7) is 1.69. The molecule has 0 atom stereocenters. The number of benzene rings is 1. The molecular weight excluding hydrogens is 323 g/mol. The van der Waals surface area contributed by atoms with Crippen molar-refractivity contribution in [2.45, 2.75) is 6.92 Å². The number of amides is 1. The first kappa shape index (κ1) is 15.0. The van der Waals surface area contributed by atoms with E-state index >= 15 is 0 Å². The molecule has 1 heterocycles. The van der Waals surface area contributed by atoms with Gasteiger partial charge in [-0.1, -0.05) is 34.8 Å². The highest BCUT2D eigenvalue weighted by molar-refractivity contribution is 6.40. The van der Waals surface area contributed by atoms with Crippen LogP contribution in [0.2, 0.25) is 15.1 Å². The predicted octanol–water partition coefficient (Wildman–Crippen LogP) is 3.08. The van der Waals surface area contributed by atoms with E-state index in [0.717, 1.165) is 0 Å². The van der Waals surface area contributed by atoms with Crippen LogP contribution in [0.15, 0.2) is 12.1 Å². The van der Waals surface area contributed by atoms with Gasteiger partial charge >= 0.3 is 0 Å². The molecule has 5 nitrogen and oxygen atoms in total. The Morgan fingerprint density at radius 1 is 1.30 bits per heavy atom. The van der Waals surface area contributed by atoms with Crippen molar-refractivity contribution in [3.05, 3.63) is 38.6 Å². The third kappa shape index (κ3) is 2.44. The lowest BCUT2D eigenvalue weighted by Crippen LogP contribution is -2.23. The summed E-state index contributed by atoms with van der Waals surface area (Å²) in [5.41, 5.74) is 7.20. The van der Waals surface area contributed by atoms with Gasteiger partial charge in [0, 0.05) is 12.1 Å². The quantitative estimate of drug-likeness (QED) is 0.887. The lowest BCUT2D eigenvalue weighted by Gasteiger charge is -2.11. The topological polar surface area (TPSA) is 72.9 Å². The molecule has 0 unspecified atom stereocenters. The summed E-state index contributed by atoms with van der Waals surface area (Å²) in [5, 5.41) is 7.66. The van der Waals surface area contributed by atoms with Crippen molar-refractivity contribution in [3.63, 3.8) is 0 Å². The lowest BCUT2D eigenvalue weighted by atomic mass is 10.2. The van der Waals surface area contributed by atoms with Crippen LogP contribution in [0.4, 0.5) is 5.69 Å².